The number of aryl methyl sites for hydroxylation is 1. The number of fused-ring (bicyclic) bond motifs is 1. The Bertz CT molecular complexity index is 1070. The van der Waals surface area contributed by atoms with Crippen LogP contribution >= 0.6 is 0 Å². The van der Waals surface area contributed by atoms with Crippen molar-refractivity contribution in [2.24, 2.45) is 0 Å². The minimum absolute atomic E-state index is 0.0634. The molecule has 1 amide bonds. The molecule has 1 aromatic heterocycles. The predicted octanol–water partition coefficient (Wildman–Crippen LogP) is 3.78. The molecule has 0 aliphatic carbocycles. The number of hydrogen-bond acceptors (Lipinski definition) is 4. The molecule has 0 bridgehead atoms. The van der Waals surface area contributed by atoms with E-state index in [4.69, 9.17) is 4.74 Å². The van der Waals surface area contributed by atoms with E-state index in [1.165, 1.54) is 5.56 Å². The highest BCUT2D eigenvalue weighted by molar-refractivity contribution is 5.78. The molecule has 0 saturated carbocycles. The van der Waals surface area contributed by atoms with Crippen molar-refractivity contribution < 1.29 is 9.53 Å². The zero-order chi connectivity index (χ0) is 21.0. The van der Waals surface area contributed by atoms with Gasteiger partial charge < -0.3 is 14.6 Å². The number of ether oxygens (including phenoxy) is 1. The highest BCUT2D eigenvalue weighted by Gasteiger charge is 2.15. The molecular formula is C23H27N3O3. The van der Waals surface area contributed by atoms with Gasteiger partial charge in [0.2, 0.25) is 0 Å². The molecule has 0 unspecified atom stereocenters. The zero-order valence-corrected chi connectivity index (χ0v) is 17.4. The minimum Gasteiger partial charge on any atom is -0.484 e. The number of H-pyrrole nitrogens is 1. The number of hydrogen-bond donors (Lipinski definition) is 1. The van der Waals surface area contributed by atoms with Crippen LogP contribution in [0.3, 0.4) is 0 Å². The van der Waals surface area contributed by atoms with Crippen molar-refractivity contribution in [1.82, 2.24) is 14.9 Å². The van der Waals surface area contributed by atoms with Crippen molar-refractivity contribution in [1.29, 1.82) is 0 Å². The van der Waals surface area contributed by atoms with Crippen LogP contribution in [-0.4, -0.2) is 33.9 Å². The van der Waals surface area contributed by atoms with Crippen LogP contribution in [0.2, 0.25) is 0 Å². The summed E-state index contributed by atoms with van der Waals surface area (Å²) in [6, 6.07) is 13.1. The fraction of sp³-hybridized carbons (Fsp3) is 0.348. The Morgan fingerprint density at radius 1 is 1.21 bits per heavy atom. The Balaban J connectivity index is 1.68. The molecular weight excluding hydrogens is 366 g/mol. The molecule has 0 saturated heterocycles. The molecule has 6 nitrogen and oxygen atoms in total. The maximum absolute atomic E-state index is 12.6. The summed E-state index contributed by atoms with van der Waals surface area (Å²) < 4.78 is 5.71. The van der Waals surface area contributed by atoms with Gasteiger partial charge in [-0.1, -0.05) is 32.0 Å². The molecule has 6 heteroatoms. The smallest absolute Gasteiger partial charge is 0.260 e. The van der Waals surface area contributed by atoms with E-state index < -0.39 is 0 Å². The summed E-state index contributed by atoms with van der Waals surface area (Å²) in [5.41, 5.74) is 2.83. The fourth-order valence-electron chi connectivity index (χ4n) is 3.39. The first kappa shape index (κ1) is 20.6. The summed E-state index contributed by atoms with van der Waals surface area (Å²) in [5.74, 6) is 1.42. The van der Waals surface area contributed by atoms with Crippen molar-refractivity contribution in [3.8, 4) is 5.75 Å². The van der Waals surface area contributed by atoms with E-state index in [0.717, 1.165) is 5.56 Å². The standard InChI is InChI=1S/C23H27N3O3/c1-5-26(13-21-24-20-9-7-6-8-19(20)23(28)25-21)22(27)14-29-17-10-11-18(15(2)3)16(4)12-17/h6-12,15H,5,13-14H2,1-4H3,(H,24,25,28). The third-order valence-corrected chi connectivity index (χ3v) is 4.96. The van der Waals surface area contributed by atoms with Crippen LogP contribution < -0.4 is 10.3 Å². The van der Waals surface area contributed by atoms with Crippen molar-refractivity contribution in [3.05, 3.63) is 69.8 Å². The van der Waals surface area contributed by atoms with Gasteiger partial charge in [-0.3, -0.25) is 9.59 Å². The van der Waals surface area contributed by atoms with E-state index in [-0.39, 0.29) is 24.6 Å². The second-order valence-corrected chi connectivity index (χ2v) is 7.40. The molecule has 3 aromatic rings. The third kappa shape index (κ3) is 4.83. The van der Waals surface area contributed by atoms with Gasteiger partial charge in [0.25, 0.3) is 11.5 Å². The normalized spacial score (nSPS) is 11.1. The molecule has 1 heterocycles. The summed E-state index contributed by atoms with van der Waals surface area (Å²) in [6.45, 7) is 8.89. The highest BCUT2D eigenvalue weighted by atomic mass is 16.5. The first-order chi connectivity index (χ1) is 13.9. The third-order valence-electron chi connectivity index (χ3n) is 4.96. The van der Waals surface area contributed by atoms with Gasteiger partial charge in [-0.15, -0.1) is 0 Å². The summed E-state index contributed by atoms with van der Waals surface area (Å²) in [5, 5.41) is 0.536. The van der Waals surface area contributed by atoms with Gasteiger partial charge in [-0.25, -0.2) is 4.98 Å². The second kappa shape index (κ2) is 8.90. The molecule has 29 heavy (non-hydrogen) atoms. The monoisotopic (exact) mass is 393 g/mol. The zero-order valence-electron chi connectivity index (χ0n) is 17.4. The molecule has 3 rings (SSSR count). The summed E-state index contributed by atoms with van der Waals surface area (Å²) in [4.78, 5) is 33.7. The van der Waals surface area contributed by atoms with Gasteiger partial charge in [0, 0.05) is 6.54 Å². The Morgan fingerprint density at radius 3 is 2.66 bits per heavy atom. The molecule has 0 aliphatic heterocycles. The van der Waals surface area contributed by atoms with Crippen LogP contribution in [0.4, 0.5) is 0 Å². The number of likely N-dealkylation sites (N-methyl/N-ethyl adjacent to an activating group) is 1. The van der Waals surface area contributed by atoms with Crippen LogP contribution in [0.15, 0.2) is 47.3 Å². The summed E-state index contributed by atoms with van der Waals surface area (Å²) >= 11 is 0. The number of nitrogens with zero attached hydrogens (tertiary/aromatic N) is 2. The van der Waals surface area contributed by atoms with Crippen LogP contribution in [0.25, 0.3) is 10.9 Å². The number of benzene rings is 2. The second-order valence-electron chi connectivity index (χ2n) is 7.40. The quantitative estimate of drug-likeness (QED) is 0.663. The lowest BCUT2D eigenvalue weighted by Gasteiger charge is -2.21. The van der Waals surface area contributed by atoms with E-state index >= 15 is 0 Å². The number of aromatic amines is 1. The van der Waals surface area contributed by atoms with Crippen molar-refractivity contribution in [2.45, 2.75) is 40.2 Å². The Morgan fingerprint density at radius 2 is 1.97 bits per heavy atom. The SMILES string of the molecule is CCN(Cc1nc2ccccc2c(=O)[nH]1)C(=O)COc1ccc(C(C)C)c(C)c1. The van der Waals surface area contributed by atoms with Gasteiger partial charge in [-0.05, 0) is 55.2 Å². The number of amides is 1. The van der Waals surface area contributed by atoms with E-state index in [2.05, 4.69) is 23.8 Å². The lowest BCUT2D eigenvalue weighted by molar-refractivity contribution is -0.133. The Labute approximate surface area is 170 Å². The van der Waals surface area contributed by atoms with Crippen LogP contribution in [0, 0.1) is 6.92 Å². The lowest BCUT2D eigenvalue weighted by atomic mass is 9.98. The number of para-hydroxylation sites is 1. The molecule has 0 fully saturated rings. The number of carbonyl (C=O) groups is 1. The average molecular weight is 393 g/mol. The Kier molecular flexibility index (Phi) is 6.32. The Hall–Kier alpha value is -3.15. The molecule has 1 N–H and O–H groups in total. The van der Waals surface area contributed by atoms with Gasteiger partial charge in [-0.2, -0.15) is 0 Å². The van der Waals surface area contributed by atoms with Crippen molar-refractivity contribution in [3.63, 3.8) is 0 Å². The largest absolute Gasteiger partial charge is 0.484 e. The van der Waals surface area contributed by atoms with Gasteiger partial charge >= 0.3 is 0 Å². The molecule has 0 aliphatic rings. The minimum atomic E-state index is -0.203. The van der Waals surface area contributed by atoms with Gasteiger partial charge in [0.05, 0.1) is 17.4 Å². The van der Waals surface area contributed by atoms with E-state index in [0.29, 0.717) is 34.9 Å². The average Bonchev–Trinajstić information content (AvgIpc) is 2.70. The molecule has 2 aromatic carbocycles. The van der Waals surface area contributed by atoms with Crippen LogP contribution in [0.1, 0.15) is 43.6 Å². The van der Waals surface area contributed by atoms with E-state index in [9.17, 15) is 9.59 Å². The summed E-state index contributed by atoms with van der Waals surface area (Å²) in [7, 11) is 0. The molecule has 0 radical (unpaired) electrons. The summed E-state index contributed by atoms with van der Waals surface area (Å²) in [6.07, 6.45) is 0. The van der Waals surface area contributed by atoms with Crippen molar-refractivity contribution >= 4 is 16.8 Å². The van der Waals surface area contributed by atoms with Crippen LogP contribution in [-0.2, 0) is 11.3 Å². The van der Waals surface area contributed by atoms with Crippen LogP contribution in [0.5, 0.6) is 5.75 Å². The number of rotatable bonds is 7. The van der Waals surface area contributed by atoms with E-state index in [1.807, 2.05) is 38.1 Å². The lowest BCUT2D eigenvalue weighted by Crippen LogP contribution is -2.35. The van der Waals surface area contributed by atoms with Gasteiger partial charge in [0.15, 0.2) is 6.61 Å². The number of nitrogens with one attached hydrogen (secondary N) is 1. The van der Waals surface area contributed by atoms with E-state index in [1.54, 1.807) is 23.1 Å². The first-order valence-electron chi connectivity index (χ1n) is 9.88. The fourth-order valence-corrected chi connectivity index (χ4v) is 3.39. The maximum Gasteiger partial charge on any atom is 0.260 e. The number of carbonyl (C=O) groups excluding carboxylic acids is 1. The molecule has 152 valence electrons. The highest BCUT2D eigenvalue weighted by Crippen LogP contribution is 2.23. The van der Waals surface area contributed by atoms with Crippen molar-refractivity contribution in [2.75, 3.05) is 13.2 Å². The molecule has 0 spiro atoms. The van der Waals surface area contributed by atoms with Gasteiger partial charge in [0.1, 0.15) is 11.6 Å². The maximum atomic E-state index is 12.6. The topological polar surface area (TPSA) is 75.3 Å². The number of aromatic nitrogens is 2. The predicted molar refractivity (Wildman–Crippen MR) is 114 cm³/mol. The molecule has 0 atom stereocenters. The first-order valence-corrected chi connectivity index (χ1v) is 9.88.